The lowest BCUT2D eigenvalue weighted by atomic mass is 9.85. The Labute approximate surface area is 123 Å². The molecule has 1 aliphatic carbocycles. The zero-order valence-corrected chi connectivity index (χ0v) is 13.4. The lowest BCUT2D eigenvalue weighted by Gasteiger charge is -2.37. The SMILES string of the molecule is CN(C)CCN(C)CC1CCC(N2CCNC2O)CC1. The number of likely N-dealkylation sites (N-methyl/N-ethyl adjacent to an activating group) is 2. The van der Waals surface area contributed by atoms with Gasteiger partial charge in [-0.3, -0.25) is 10.2 Å². The number of hydrogen-bond acceptors (Lipinski definition) is 5. The van der Waals surface area contributed by atoms with Crippen molar-refractivity contribution < 1.29 is 5.11 Å². The highest BCUT2D eigenvalue weighted by atomic mass is 16.3. The fraction of sp³-hybridized carbons (Fsp3) is 1.00. The van der Waals surface area contributed by atoms with E-state index in [0.717, 1.165) is 32.1 Å². The van der Waals surface area contributed by atoms with Crippen LogP contribution in [0.1, 0.15) is 25.7 Å². The molecule has 118 valence electrons. The molecule has 0 spiro atoms. The van der Waals surface area contributed by atoms with Crippen LogP contribution in [-0.4, -0.2) is 86.1 Å². The zero-order chi connectivity index (χ0) is 14.5. The Morgan fingerprint density at radius 1 is 1.10 bits per heavy atom. The first kappa shape index (κ1) is 16.2. The number of aliphatic hydroxyl groups is 1. The highest BCUT2D eigenvalue weighted by Crippen LogP contribution is 2.29. The summed E-state index contributed by atoms with van der Waals surface area (Å²) in [6.45, 7) is 5.44. The second-order valence-corrected chi connectivity index (χ2v) is 6.81. The van der Waals surface area contributed by atoms with E-state index in [0.29, 0.717) is 6.04 Å². The maximum absolute atomic E-state index is 9.88. The van der Waals surface area contributed by atoms with Gasteiger partial charge in [-0.05, 0) is 52.7 Å². The molecule has 0 aromatic heterocycles. The molecular formula is C15H32N4O. The van der Waals surface area contributed by atoms with Gasteiger partial charge in [0.05, 0.1) is 0 Å². The van der Waals surface area contributed by atoms with Gasteiger partial charge >= 0.3 is 0 Å². The molecule has 5 heteroatoms. The van der Waals surface area contributed by atoms with Gasteiger partial charge in [0.25, 0.3) is 0 Å². The molecule has 2 rings (SSSR count). The molecule has 0 aromatic carbocycles. The van der Waals surface area contributed by atoms with Crippen LogP contribution in [0.15, 0.2) is 0 Å². The normalized spacial score (nSPS) is 32.4. The molecule has 1 saturated carbocycles. The molecule has 0 bridgehead atoms. The topological polar surface area (TPSA) is 42.0 Å². The largest absolute Gasteiger partial charge is 0.365 e. The Balaban J connectivity index is 1.66. The zero-order valence-electron chi connectivity index (χ0n) is 13.4. The minimum absolute atomic E-state index is 0.403. The molecule has 1 unspecified atom stereocenters. The molecule has 1 heterocycles. The van der Waals surface area contributed by atoms with Gasteiger partial charge in [-0.25, -0.2) is 0 Å². The average Bonchev–Trinajstić information content (AvgIpc) is 2.84. The molecule has 2 N–H and O–H groups in total. The van der Waals surface area contributed by atoms with Gasteiger partial charge in [0.2, 0.25) is 0 Å². The third-order valence-corrected chi connectivity index (χ3v) is 4.80. The van der Waals surface area contributed by atoms with Crippen LogP contribution in [0.2, 0.25) is 0 Å². The molecule has 1 aliphatic heterocycles. The van der Waals surface area contributed by atoms with Crippen LogP contribution in [0, 0.1) is 5.92 Å². The summed E-state index contributed by atoms with van der Waals surface area (Å²) in [5, 5.41) is 13.0. The lowest BCUT2D eigenvalue weighted by Crippen LogP contribution is -2.45. The van der Waals surface area contributed by atoms with Crippen molar-refractivity contribution in [1.29, 1.82) is 0 Å². The van der Waals surface area contributed by atoms with E-state index >= 15 is 0 Å². The first-order valence-electron chi connectivity index (χ1n) is 8.06. The van der Waals surface area contributed by atoms with E-state index < -0.39 is 6.35 Å². The Morgan fingerprint density at radius 3 is 2.35 bits per heavy atom. The highest BCUT2D eigenvalue weighted by Gasteiger charge is 2.32. The molecule has 0 amide bonds. The van der Waals surface area contributed by atoms with Gasteiger partial charge in [0.15, 0.2) is 6.35 Å². The molecule has 5 nitrogen and oxygen atoms in total. The van der Waals surface area contributed by atoms with Crippen LogP contribution in [0.4, 0.5) is 0 Å². The van der Waals surface area contributed by atoms with Gasteiger partial charge < -0.3 is 14.9 Å². The van der Waals surface area contributed by atoms with Crippen molar-refractivity contribution in [2.45, 2.75) is 38.1 Å². The van der Waals surface area contributed by atoms with Crippen LogP contribution in [-0.2, 0) is 0 Å². The van der Waals surface area contributed by atoms with Crippen LogP contribution < -0.4 is 5.32 Å². The molecule has 1 atom stereocenters. The predicted octanol–water partition coefficient (Wildman–Crippen LogP) is 0.220. The molecule has 20 heavy (non-hydrogen) atoms. The highest BCUT2D eigenvalue weighted by molar-refractivity contribution is 4.84. The predicted molar refractivity (Wildman–Crippen MR) is 82.5 cm³/mol. The van der Waals surface area contributed by atoms with Crippen molar-refractivity contribution >= 4 is 0 Å². The standard InChI is InChI=1S/C15H32N4O/c1-17(2)10-11-18(3)12-13-4-6-14(7-5-13)19-9-8-16-15(19)20/h13-16,20H,4-12H2,1-3H3. The minimum Gasteiger partial charge on any atom is -0.365 e. The molecular weight excluding hydrogens is 252 g/mol. The quantitative estimate of drug-likeness (QED) is 0.730. The minimum atomic E-state index is -0.403. The van der Waals surface area contributed by atoms with Crippen LogP contribution in [0.3, 0.4) is 0 Å². The summed E-state index contributed by atoms with van der Waals surface area (Å²) in [5.41, 5.74) is 0. The third-order valence-electron chi connectivity index (χ3n) is 4.80. The summed E-state index contributed by atoms with van der Waals surface area (Å²) in [6, 6.07) is 0.586. The van der Waals surface area contributed by atoms with Crippen molar-refractivity contribution in [2.24, 2.45) is 5.92 Å². The Bertz CT molecular complexity index is 279. The monoisotopic (exact) mass is 284 g/mol. The number of hydrogen-bond donors (Lipinski definition) is 2. The van der Waals surface area contributed by atoms with Gasteiger partial charge in [0.1, 0.15) is 0 Å². The average molecular weight is 284 g/mol. The first-order valence-corrected chi connectivity index (χ1v) is 8.06. The van der Waals surface area contributed by atoms with Gasteiger partial charge in [-0.15, -0.1) is 0 Å². The summed E-state index contributed by atoms with van der Waals surface area (Å²) in [7, 11) is 6.51. The van der Waals surface area contributed by atoms with Crippen LogP contribution in [0.5, 0.6) is 0 Å². The Hall–Kier alpha value is -0.200. The number of nitrogens with zero attached hydrogens (tertiary/aromatic N) is 3. The summed E-state index contributed by atoms with van der Waals surface area (Å²) < 4.78 is 0. The summed E-state index contributed by atoms with van der Waals surface area (Å²) in [5.74, 6) is 0.839. The smallest absolute Gasteiger partial charge is 0.163 e. The maximum Gasteiger partial charge on any atom is 0.163 e. The van der Waals surface area contributed by atoms with Crippen molar-refractivity contribution in [3.8, 4) is 0 Å². The van der Waals surface area contributed by atoms with E-state index in [1.54, 1.807) is 0 Å². The van der Waals surface area contributed by atoms with E-state index in [9.17, 15) is 5.11 Å². The van der Waals surface area contributed by atoms with Gasteiger partial charge in [-0.1, -0.05) is 0 Å². The lowest BCUT2D eigenvalue weighted by molar-refractivity contribution is -0.0198. The second kappa shape index (κ2) is 7.71. The van der Waals surface area contributed by atoms with Crippen LogP contribution in [0.25, 0.3) is 0 Å². The Kier molecular flexibility index (Phi) is 6.23. The van der Waals surface area contributed by atoms with Crippen LogP contribution >= 0.6 is 0 Å². The van der Waals surface area contributed by atoms with E-state index in [2.05, 4.69) is 41.2 Å². The molecule has 2 aliphatic rings. The fourth-order valence-electron chi connectivity index (χ4n) is 3.51. The fourth-order valence-corrected chi connectivity index (χ4v) is 3.51. The first-order chi connectivity index (χ1) is 9.56. The summed E-state index contributed by atoms with van der Waals surface area (Å²) in [6.07, 6.45) is 4.69. The van der Waals surface area contributed by atoms with Gasteiger partial charge in [-0.2, -0.15) is 0 Å². The van der Waals surface area contributed by atoms with E-state index in [4.69, 9.17) is 0 Å². The molecule has 0 radical (unpaired) electrons. The maximum atomic E-state index is 9.88. The Morgan fingerprint density at radius 2 is 1.80 bits per heavy atom. The number of aliphatic hydroxyl groups excluding tert-OH is 1. The van der Waals surface area contributed by atoms with Crippen molar-refractivity contribution in [3.05, 3.63) is 0 Å². The summed E-state index contributed by atoms with van der Waals surface area (Å²) >= 11 is 0. The molecule has 1 saturated heterocycles. The number of nitrogens with one attached hydrogen (secondary N) is 1. The number of rotatable bonds is 6. The molecule has 2 fully saturated rings. The summed E-state index contributed by atoms with van der Waals surface area (Å²) in [4.78, 5) is 6.96. The van der Waals surface area contributed by atoms with E-state index in [1.165, 1.54) is 32.2 Å². The van der Waals surface area contributed by atoms with Crippen molar-refractivity contribution in [1.82, 2.24) is 20.0 Å². The van der Waals surface area contributed by atoms with Crippen molar-refractivity contribution in [2.75, 3.05) is 53.9 Å². The van der Waals surface area contributed by atoms with Gasteiger partial charge in [0, 0.05) is 38.8 Å². The van der Waals surface area contributed by atoms with Crippen molar-refractivity contribution in [3.63, 3.8) is 0 Å². The molecule has 0 aromatic rings. The van der Waals surface area contributed by atoms with E-state index in [1.807, 2.05) is 0 Å². The second-order valence-electron chi connectivity index (χ2n) is 6.81. The third kappa shape index (κ3) is 4.67. The van der Waals surface area contributed by atoms with E-state index in [-0.39, 0.29) is 0 Å².